The maximum Gasteiger partial charge on any atom is 0.417 e. The number of hydrogen-bond acceptors (Lipinski definition) is 5. The number of thiocarbonyl (C=S) groups is 1. The van der Waals surface area contributed by atoms with Gasteiger partial charge in [0.05, 0.1) is 22.7 Å². The number of anilines is 2. The van der Waals surface area contributed by atoms with E-state index in [0.29, 0.717) is 5.69 Å². The minimum atomic E-state index is -4.75. The van der Waals surface area contributed by atoms with Gasteiger partial charge in [-0.25, -0.2) is 0 Å². The predicted octanol–water partition coefficient (Wildman–Crippen LogP) is 4.43. The number of nitrogens with zero attached hydrogens (tertiary/aromatic N) is 3. The summed E-state index contributed by atoms with van der Waals surface area (Å²) in [5.74, 6) is -0.683. The van der Waals surface area contributed by atoms with E-state index in [-0.39, 0.29) is 22.4 Å². The molecule has 1 aliphatic heterocycles. The number of halogens is 4. The number of aliphatic hydroxyl groups excluding tert-OH is 1. The van der Waals surface area contributed by atoms with Crippen LogP contribution in [0.1, 0.15) is 25.0 Å². The molecule has 0 aliphatic carbocycles. The molecule has 1 N–H and O–H groups in total. The zero-order valence-corrected chi connectivity index (χ0v) is 18.4. The number of carbonyl (C=O) groups is 1. The van der Waals surface area contributed by atoms with Crippen LogP contribution in [-0.4, -0.2) is 33.8 Å². The molecule has 1 fully saturated rings. The second kappa shape index (κ2) is 8.58. The normalized spacial score (nSPS) is 17.9. The van der Waals surface area contributed by atoms with Crippen molar-refractivity contribution in [3.8, 4) is 11.8 Å². The zero-order chi connectivity index (χ0) is 23.8. The van der Waals surface area contributed by atoms with Crippen LogP contribution in [0.15, 0.2) is 42.5 Å². The number of ether oxygens (including phenoxy) is 1. The van der Waals surface area contributed by atoms with Gasteiger partial charge in [0.15, 0.2) is 11.3 Å². The van der Waals surface area contributed by atoms with Crippen LogP contribution in [0.4, 0.5) is 24.5 Å². The lowest BCUT2D eigenvalue weighted by Gasteiger charge is -2.33. The number of nitriles is 1. The molecule has 0 radical (unpaired) electrons. The summed E-state index contributed by atoms with van der Waals surface area (Å²) in [6.45, 7) is 3.36. The lowest BCUT2D eigenvalue weighted by molar-refractivity contribution is -0.137. The van der Waals surface area contributed by atoms with E-state index >= 15 is 0 Å². The number of aliphatic hydroxyl groups is 1. The Labute approximate surface area is 192 Å². The van der Waals surface area contributed by atoms with Crippen LogP contribution in [0.2, 0.25) is 0 Å². The van der Waals surface area contributed by atoms with E-state index < -0.39 is 35.0 Å². The fourth-order valence-corrected chi connectivity index (χ4v) is 4.02. The average molecular weight is 484 g/mol. The summed E-state index contributed by atoms with van der Waals surface area (Å²) in [6.07, 6.45) is -6.04. The maximum absolute atomic E-state index is 13.4. The Morgan fingerprint density at radius 2 is 1.84 bits per heavy atom. The van der Waals surface area contributed by atoms with Gasteiger partial charge in [-0.15, -0.1) is 11.6 Å². The molecule has 1 heterocycles. The Balaban J connectivity index is 2.00. The molecule has 0 amide bonds. The largest absolute Gasteiger partial charge is 0.426 e. The summed E-state index contributed by atoms with van der Waals surface area (Å²) in [5, 5.41) is 20.0. The highest BCUT2D eigenvalue weighted by atomic mass is 35.5. The van der Waals surface area contributed by atoms with Crippen molar-refractivity contribution in [2.75, 3.05) is 15.7 Å². The van der Waals surface area contributed by atoms with Gasteiger partial charge in [0.2, 0.25) is 0 Å². The van der Waals surface area contributed by atoms with Crippen molar-refractivity contribution < 1.29 is 27.8 Å². The van der Waals surface area contributed by atoms with Gasteiger partial charge < -0.3 is 14.7 Å². The minimum absolute atomic E-state index is 0.00272. The number of carbonyl (C=O) groups excluding carboxylic acids is 1. The van der Waals surface area contributed by atoms with Crippen LogP contribution < -0.4 is 14.5 Å². The third-order valence-corrected chi connectivity index (χ3v) is 5.59. The van der Waals surface area contributed by atoms with Crippen molar-refractivity contribution in [2.45, 2.75) is 31.8 Å². The summed E-state index contributed by atoms with van der Waals surface area (Å²) >= 11 is 10.9. The van der Waals surface area contributed by atoms with E-state index in [1.165, 1.54) is 29.2 Å². The Kier molecular flexibility index (Phi) is 6.38. The Bertz CT molecular complexity index is 1100. The number of rotatable bonds is 4. The first-order valence-electron chi connectivity index (χ1n) is 9.21. The molecule has 0 bridgehead atoms. The lowest BCUT2D eigenvalue weighted by Crippen LogP contribution is -2.47. The fourth-order valence-electron chi connectivity index (χ4n) is 3.42. The molecule has 3 rings (SSSR count). The monoisotopic (exact) mass is 483 g/mol. The highest BCUT2D eigenvalue weighted by molar-refractivity contribution is 7.80. The summed E-state index contributed by atoms with van der Waals surface area (Å²) in [5.41, 5.74) is -2.15. The second-order valence-electron chi connectivity index (χ2n) is 7.46. The fraction of sp³-hybridized carbons (Fsp3) is 0.286. The first-order chi connectivity index (χ1) is 14.9. The third kappa shape index (κ3) is 4.24. The van der Waals surface area contributed by atoms with Crippen molar-refractivity contribution in [2.24, 2.45) is 0 Å². The number of esters is 1. The first-order valence-corrected chi connectivity index (χ1v) is 10.2. The Morgan fingerprint density at radius 3 is 2.38 bits per heavy atom. The average Bonchev–Trinajstić information content (AvgIpc) is 2.91. The highest BCUT2D eigenvalue weighted by Crippen LogP contribution is 2.41. The van der Waals surface area contributed by atoms with Gasteiger partial charge in [-0.3, -0.25) is 9.69 Å². The quantitative estimate of drug-likeness (QED) is 0.298. The molecule has 1 atom stereocenters. The summed E-state index contributed by atoms with van der Waals surface area (Å²) in [6, 6.07) is 10.9. The summed E-state index contributed by atoms with van der Waals surface area (Å²) < 4.78 is 45.3. The predicted molar refractivity (Wildman–Crippen MR) is 117 cm³/mol. The van der Waals surface area contributed by atoms with E-state index in [1.807, 2.05) is 0 Å². The molecule has 1 aliphatic rings. The minimum Gasteiger partial charge on any atom is -0.426 e. The van der Waals surface area contributed by atoms with Crippen molar-refractivity contribution in [1.82, 2.24) is 0 Å². The van der Waals surface area contributed by atoms with E-state index in [9.17, 15) is 23.1 Å². The molecule has 0 saturated carbocycles. The van der Waals surface area contributed by atoms with Gasteiger partial charge in [-0.2, -0.15) is 18.4 Å². The molecule has 2 aromatic rings. The van der Waals surface area contributed by atoms with Crippen molar-refractivity contribution >= 4 is 46.3 Å². The van der Waals surface area contributed by atoms with E-state index in [1.54, 1.807) is 30.9 Å². The van der Waals surface area contributed by atoms with Crippen LogP contribution in [-0.2, 0) is 11.0 Å². The third-order valence-electron chi connectivity index (χ3n) is 4.99. The van der Waals surface area contributed by atoms with Crippen molar-refractivity contribution in [3.63, 3.8) is 0 Å². The lowest BCUT2D eigenvalue weighted by atomic mass is 10.0. The molecule has 2 aromatic carbocycles. The van der Waals surface area contributed by atoms with Gasteiger partial charge in [0.1, 0.15) is 11.6 Å². The van der Waals surface area contributed by atoms with Crippen LogP contribution in [0.3, 0.4) is 0 Å². The first kappa shape index (κ1) is 23.8. The molecule has 168 valence electrons. The van der Waals surface area contributed by atoms with Crippen LogP contribution in [0, 0.1) is 11.3 Å². The number of alkyl halides is 4. The van der Waals surface area contributed by atoms with Gasteiger partial charge in [-0.05, 0) is 68.5 Å². The van der Waals surface area contributed by atoms with Crippen LogP contribution in [0.5, 0.6) is 5.75 Å². The topological polar surface area (TPSA) is 76.8 Å². The molecule has 0 aromatic heterocycles. The van der Waals surface area contributed by atoms with Gasteiger partial charge >= 0.3 is 12.1 Å². The Hall–Kier alpha value is -2.87. The molecule has 11 heteroatoms. The number of benzene rings is 2. The van der Waals surface area contributed by atoms with Gasteiger partial charge in [0.25, 0.3) is 0 Å². The number of hydrogen-bond donors (Lipinski definition) is 1. The molecule has 1 saturated heterocycles. The standard InChI is InChI=1S/C21H17ClF3N3O3S/c1-20(2)18(30)27(14-4-3-12(11-26)16(9-14)21(23,24)25)19(32)28(20)13-5-7-15(8-6-13)31-17(29)10-22/h3-9,18,30H,10H2,1-2H3. The van der Waals surface area contributed by atoms with Gasteiger partial charge in [0, 0.05) is 11.4 Å². The molecule has 32 heavy (non-hydrogen) atoms. The van der Waals surface area contributed by atoms with Crippen LogP contribution >= 0.6 is 23.8 Å². The van der Waals surface area contributed by atoms with Crippen molar-refractivity contribution in [3.05, 3.63) is 53.6 Å². The SMILES string of the molecule is CC1(C)C(O)N(c2ccc(C#N)c(C(F)(F)F)c2)C(=S)N1c1ccc(OC(=O)CCl)cc1. The maximum atomic E-state index is 13.4. The Morgan fingerprint density at radius 1 is 1.25 bits per heavy atom. The second-order valence-corrected chi connectivity index (χ2v) is 8.09. The molecule has 6 nitrogen and oxygen atoms in total. The molecular weight excluding hydrogens is 467 g/mol. The molecule has 0 spiro atoms. The summed E-state index contributed by atoms with van der Waals surface area (Å²) in [7, 11) is 0. The zero-order valence-electron chi connectivity index (χ0n) is 16.9. The molecular formula is C21H17ClF3N3O3S. The van der Waals surface area contributed by atoms with Crippen LogP contribution in [0.25, 0.3) is 0 Å². The highest BCUT2D eigenvalue weighted by Gasteiger charge is 2.50. The van der Waals surface area contributed by atoms with E-state index in [2.05, 4.69) is 0 Å². The van der Waals surface area contributed by atoms with Gasteiger partial charge in [-0.1, -0.05) is 0 Å². The van der Waals surface area contributed by atoms with Crippen molar-refractivity contribution in [1.29, 1.82) is 5.26 Å². The van der Waals surface area contributed by atoms with E-state index in [4.69, 9.17) is 33.8 Å². The smallest absolute Gasteiger partial charge is 0.417 e. The summed E-state index contributed by atoms with van der Waals surface area (Å²) in [4.78, 5) is 14.1. The van der Waals surface area contributed by atoms with E-state index in [0.717, 1.165) is 12.1 Å². The molecule has 1 unspecified atom stereocenters.